The second-order valence-electron chi connectivity index (χ2n) is 4.02. The molecule has 2 aromatic rings. The molecule has 1 aromatic heterocycles. The Kier molecular flexibility index (Phi) is 4.12. The number of rotatable bonds is 5. The van der Waals surface area contributed by atoms with Crippen LogP contribution in [0.25, 0.3) is 0 Å². The standard InChI is InChI=1S/C13H17N5O/c1-3-9-19-13-16-11(14)15-12(17-13)18(2)10-7-5-4-6-8-10/h4-8H,3,9H2,1-2H3,(H2,14,15,16,17). The minimum absolute atomic E-state index is 0.152. The zero-order valence-corrected chi connectivity index (χ0v) is 11.1. The average molecular weight is 259 g/mol. The molecule has 0 bridgehead atoms. The van der Waals surface area contributed by atoms with Crippen molar-refractivity contribution in [2.75, 3.05) is 24.3 Å². The molecule has 0 aliphatic heterocycles. The van der Waals surface area contributed by atoms with Crippen molar-refractivity contribution >= 4 is 17.6 Å². The molecule has 0 saturated heterocycles. The maximum Gasteiger partial charge on any atom is 0.323 e. The lowest BCUT2D eigenvalue weighted by Gasteiger charge is -2.17. The van der Waals surface area contributed by atoms with Crippen molar-refractivity contribution in [3.63, 3.8) is 0 Å². The SMILES string of the molecule is CCCOc1nc(N)nc(N(C)c2ccccc2)n1. The molecule has 0 aliphatic carbocycles. The number of nitrogen functional groups attached to an aromatic ring is 1. The van der Waals surface area contributed by atoms with Crippen molar-refractivity contribution in [2.24, 2.45) is 0 Å². The van der Waals surface area contributed by atoms with Gasteiger partial charge in [-0.2, -0.15) is 15.0 Å². The van der Waals surface area contributed by atoms with E-state index in [1.54, 1.807) is 0 Å². The van der Waals surface area contributed by atoms with Crippen LogP contribution >= 0.6 is 0 Å². The molecule has 0 unspecified atom stereocenters. The van der Waals surface area contributed by atoms with E-state index in [4.69, 9.17) is 10.5 Å². The summed E-state index contributed by atoms with van der Waals surface area (Å²) in [6.07, 6.45) is 0.884. The number of aromatic nitrogens is 3. The van der Waals surface area contributed by atoms with Crippen molar-refractivity contribution in [3.05, 3.63) is 30.3 Å². The van der Waals surface area contributed by atoms with Crippen LogP contribution in [0.1, 0.15) is 13.3 Å². The van der Waals surface area contributed by atoms with Crippen LogP contribution in [0.2, 0.25) is 0 Å². The molecule has 0 atom stereocenters. The molecule has 100 valence electrons. The maximum atomic E-state index is 5.68. The van der Waals surface area contributed by atoms with Crippen molar-refractivity contribution in [1.29, 1.82) is 0 Å². The normalized spacial score (nSPS) is 10.2. The van der Waals surface area contributed by atoms with Gasteiger partial charge in [0.2, 0.25) is 11.9 Å². The largest absolute Gasteiger partial charge is 0.463 e. The third-order valence-corrected chi connectivity index (χ3v) is 2.50. The summed E-state index contributed by atoms with van der Waals surface area (Å²) in [5, 5.41) is 0. The van der Waals surface area contributed by atoms with Gasteiger partial charge in [-0.15, -0.1) is 0 Å². The van der Waals surface area contributed by atoms with Gasteiger partial charge in [0.05, 0.1) is 6.61 Å². The van der Waals surface area contributed by atoms with E-state index in [-0.39, 0.29) is 12.0 Å². The highest BCUT2D eigenvalue weighted by Gasteiger charge is 2.11. The van der Waals surface area contributed by atoms with Gasteiger partial charge in [0.25, 0.3) is 0 Å². The molecule has 0 amide bonds. The number of anilines is 3. The molecule has 1 aromatic carbocycles. The number of benzene rings is 1. The first-order valence-electron chi connectivity index (χ1n) is 6.14. The van der Waals surface area contributed by atoms with Crippen LogP contribution in [0.4, 0.5) is 17.6 Å². The lowest BCUT2D eigenvalue weighted by atomic mass is 10.3. The number of para-hydroxylation sites is 1. The second-order valence-corrected chi connectivity index (χ2v) is 4.02. The summed E-state index contributed by atoms with van der Waals surface area (Å²) in [6.45, 7) is 2.57. The summed E-state index contributed by atoms with van der Waals surface area (Å²) in [7, 11) is 1.87. The molecule has 0 saturated carbocycles. The number of nitrogens with zero attached hydrogens (tertiary/aromatic N) is 4. The van der Waals surface area contributed by atoms with Gasteiger partial charge in [0, 0.05) is 12.7 Å². The Hall–Kier alpha value is -2.37. The molecular weight excluding hydrogens is 242 g/mol. The molecule has 0 spiro atoms. The zero-order chi connectivity index (χ0) is 13.7. The third kappa shape index (κ3) is 3.31. The summed E-state index contributed by atoms with van der Waals surface area (Å²) in [5.74, 6) is 0.615. The lowest BCUT2D eigenvalue weighted by Crippen LogP contribution is -2.15. The molecule has 19 heavy (non-hydrogen) atoms. The highest BCUT2D eigenvalue weighted by Crippen LogP contribution is 2.21. The first-order valence-corrected chi connectivity index (χ1v) is 6.14. The van der Waals surface area contributed by atoms with E-state index in [9.17, 15) is 0 Å². The summed E-state index contributed by atoms with van der Waals surface area (Å²) in [6, 6.07) is 10.0. The number of nitrogens with two attached hydrogens (primary N) is 1. The van der Waals surface area contributed by atoms with Crippen molar-refractivity contribution < 1.29 is 4.74 Å². The average Bonchev–Trinajstić information content (AvgIpc) is 2.44. The zero-order valence-electron chi connectivity index (χ0n) is 11.1. The van der Waals surface area contributed by atoms with Crippen LogP contribution in [0.3, 0.4) is 0 Å². The molecular formula is C13H17N5O. The second kappa shape index (κ2) is 5.99. The number of ether oxygens (including phenoxy) is 1. The minimum atomic E-state index is 0.152. The third-order valence-electron chi connectivity index (χ3n) is 2.50. The molecule has 6 heteroatoms. The van der Waals surface area contributed by atoms with Gasteiger partial charge in [0.1, 0.15) is 0 Å². The van der Waals surface area contributed by atoms with E-state index in [2.05, 4.69) is 15.0 Å². The van der Waals surface area contributed by atoms with Gasteiger partial charge in [0.15, 0.2) is 0 Å². The Labute approximate surface area is 112 Å². The van der Waals surface area contributed by atoms with E-state index in [1.165, 1.54) is 0 Å². The molecule has 0 aliphatic rings. The minimum Gasteiger partial charge on any atom is -0.463 e. The summed E-state index contributed by atoms with van der Waals surface area (Å²) in [5.41, 5.74) is 6.65. The van der Waals surface area contributed by atoms with Crippen LogP contribution in [-0.4, -0.2) is 28.6 Å². The summed E-state index contributed by atoms with van der Waals surface area (Å²) >= 11 is 0. The maximum absolute atomic E-state index is 5.68. The fourth-order valence-corrected chi connectivity index (χ4v) is 1.54. The predicted molar refractivity (Wildman–Crippen MR) is 74.5 cm³/mol. The molecule has 0 fully saturated rings. The molecule has 2 rings (SSSR count). The Balaban J connectivity index is 2.26. The van der Waals surface area contributed by atoms with Crippen molar-refractivity contribution in [3.8, 4) is 6.01 Å². The van der Waals surface area contributed by atoms with Crippen LogP contribution in [0.15, 0.2) is 30.3 Å². The Morgan fingerprint density at radius 2 is 1.89 bits per heavy atom. The van der Waals surface area contributed by atoms with Crippen LogP contribution < -0.4 is 15.4 Å². The van der Waals surface area contributed by atoms with Gasteiger partial charge in [-0.3, -0.25) is 0 Å². The highest BCUT2D eigenvalue weighted by atomic mass is 16.5. The quantitative estimate of drug-likeness (QED) is 0.885. The lowest BCUT2D eigenvalue weighted by molar-refractivity contribution is 0.292. The Morgan fingerprint density at radius 3 is 2.58 bits per heavy atom. The van der Waals surface area contributed by atoms with E-state index < -0.39 is 0 Å². The van der Waals surface area contributed by atoms with E-state index in [1.807, 2.05) is 49.2 Å². The predicted octanol–water partition coefficient (Wildman–Crippen LogP) is 2.01. The monoisotopic (exact) mass is 259 g/mol. The smallest absolute Gasteiger partial charge is 0.323 e. The van der Waals surface area contributed by atoms with Crippen LogP contribution in [-0.2, 0) is 0 Å². The van der Waals surface area contributed by atoms with Gasteiger partial charge in [-0.1, -0.05) is 25.1 Å². The molecule has 0 radical (unpaired) electrons. The van der Waals surface area contributed by atoms with Crippen molar-refractivity contribution in [1.82, 2.24) is 15.0 Å². The Bertz CT molecular complexity index is 532. The summed E-state index contributed by atoms with van der Waals surface area (Å²) < 4.78 is 5.39. The van der Waals surface area contributed by atoms with Gasteiger partial charge in [-0.05, 0) is 18.6 Å². The molecule has 6 nitrogen and oxygen atoms in total. The highest BCUT2D eigenvalue weighted by molar-refractivity contribution is 5.56. The van der Waals surface area contributed by atoms with Gasteiger partial charge < -0.3 is 15.4 Å². The molecule has 2 N–H and O–H groups in total. The van der Waals surface area contributed by atoms with Crippen molar-refractivity contribution in [2.45, 2.75) is 13.3 Å². The van der Waals surface area contributed by atoms with Crippen LogP contribution in [0.5, 0.6) is 6.01 Å². The topological polar surface area (TPSA) is 77.2 Å². The number of hydrogen-bond acceptors (Lipinski definition) is 6. The van der Waals surface area contributed by atoms with E-state index >= 15 is 0 Å². The van der Waals surface area contributed by atoms with Crippen LogP contribution in [0, 0.1) is 0 Å². The van der Waals surface area contributed by atoms with E-state index in [0.717, 1.165) is 12.1 Å². The first-order chi connectivity index (χ1) is 9.20. The first kappa shape index (κ1) is 13.1. The van der Waals surface area contributed by atoms with Gasteiger partial charge in [-0.25, -0.2) is 0 Å². The Morgan fingerprint density at radius 1 is 1.16 bits per heavy atom. The van der Waals surface area contributed by atoms with E-state index in [0.29, 0.717) is 12.6 Å². The fraction of sp³-hybridized carbons (Fsp3) is 0.308. The number of hydrogen-bond donors (Lipinski definition) is 1. The fourth-order valence-electron chi connectivity index (χ4n) is 1.54. The van der Waals surface area contributed by atoms with Gasteiger partial charge >= 0.3 is 6.01 Å². The summed E-state index contributed by atoms with van der Waals surface area (Å²) in [4.78, 5) is 14.2. The molecule has 1 heterocycles.